The van der Waals surface area contributed by atoms with Gasteiger partial charge in [-0.15, -0.1) is 0 Å². The summed E-state index contributed by atoms with van der Waals surface area (Å²) < 4.78 is 49.1. The zero-order valence-corrected chi connectivity index (χ0v) is 20.8. The van der Waals surface area contributed by atoms with Crippen LogP contribution in [0.15, 0.2) is 0 Å². The highest BCUT2D eigenvalue weighted by molar-refractivity contribution is 7.84. The maximum Gasteiger partial charge on any atom is 0.501 e. The fourth-order valence-corrected chi connectivity index (χ4v) is 11.3. The highest BCUT2D eigenvalue weighted by Crippen LogP contribution is 2.29. The largest absolute Gasteiger partial charge is 0.501 e. The van der Waals surface area contributed by atoms with Crippen LogP contribution in [0.25, 0.3) is 0 Å². The first kappa shape index (κ1) is 23.5. The smallest absolute Gasteiger partial charge is 0.373 e. The Balaban J connectivity index is 1.17. The van der Waals surface area contributed by atoms with Crippen molar-refractivity contribution in [1.29, 1.82) is 0 Å². The highest BCUT2D eigenvalue weighted by Gasteiger charge is 2.44. The SMILES string of the molecule is O=S(CCC[Si]12OCCC(CCO1)CCO2)CCC[Si]12OCCN(CCO1)CCO2. The van der Waals surface area contributed by atoms with E-state index in [1.165, 1.54) is 0 Å². The standard InChI is InChI=1S/C19H37NO7SSi2/c21-28(15-1-17-29-22-9-3-19(4-10-23-29)5-11-24-29)16-2-18-30-25-12-6-20(7-13-26-30)8-14-27-30/h19H,1-18H2. The third-order valence-corrected chi connectivity index (χ3v) is 13.7. The summed E-state index contributed by atoms with van der Waals surface area (Å²) >= 11 is 0. The molecule has 6 heterocycles. The maximum atomic E-state index is 12.6. The Morgan fingerprint density at radius 2 is 1.07 bits per heavy atom. The number of rotatable bonds is 8. The summed E-state index contributed by atoms with van der Waals surface area (Å²) in [4.78, 5) is 2.32. The van der Waals surface area contributed by atoms with Crippen molar-refractivity contribution in [1.82, 2.24) is 4.90 Å². The van der Waals surface area contributed by atoms with Gasteiger partial charge in [-0.1, -0.05) is 0 Å². The Morgan fingerprint density at radius 3 is 1.50 bits per heavy atom. The number of nitrogens with zero attached hydrogens (tertiary/aromatic N) is 1. The first-order valence-electron chi connectivity index (χ1n) is 11.6. The minimum absolute atomic E-state index is 0.662. The summed E-state index contributed by atoms with van der Waals surface area (Å²) in [6, 6.07) is 1.53. The third kappa shape index (κ3) is 6.66. The average Bonchev–Trinajstić information content (AvgIpc) is 2.62. The monoisotopic (exact) mass is 479 g/mol. The van der Waals surface area contributed by atoms with E-state index in [0.29, 0.717) is 37.2 Å². The molecule has 0 amide bonds. The van der Waals surface area contributed by atoms with Crippen molar-refractivity contribution in [2.45, 2.75) is 44.2 Å². The van der Waals surface area contributed by atoms with Crippen molar-refractivity contribution in [2.24, 2.45) is 5.92 Å². The van der Waals surface area contributed by atoms with Gasteiger partial charge in [-0.05, 0) is 38.0 Å². The van der Waals surface area contributed by atoms with Gasteiger partial charge in [0.1, 0.15) is 0 Å². The molecule has 6 rings (SSSR count). The van der Waals surface area contributed by atoms with Gasteiger partial charge in [0.15, 0.2) is 0 Å². The molecule has 0 aromatic rings. The minimum atomic E-state index is -2.60. The molecule has 0 radical (unpaired) electrons. The van der Waals surface area contributed by atoms with Crippen LogP contribution in [0.3, 0.4) is 0 Å². The summed E-state index contributed by atoms with van der Waals surface area (Å²) in [6.07, 6.45) is 4.98. The van der Waals surface area contributed by atoms with Gasteiger partial charge in [-0.2, -0.15) is 0 Å². The van der Waals surface area contributed by atoms with E-state index in [4.69, 9.17) is 26.6 Å². The van der Waals surface area contributed by atoms with Crippen molar-refractivity contribution < 1.29 is 30.8 Å². The molecule has 4 bridgehead atoms. The van der Waals surface area contributed by atoms with E-state index < -0.39 is 28.4 Å². The summed E-state index contributed by atoms with van der Waals surface area (Å²) in [7, 11) is -6.03. The molecule has 0 spiro atoms. The van der Waals surface area contributed by atoms with Crippen LogP contribution in [0.4, 0.5) is 0 Å². The van der Waals surface area contributed by atoms with E-state index in [9.17, 15) is 4.21 Å². The molecule has 0 N–H and O–H groups in total. The summed E-state index contributed by atoms with van der Waals surface area (Å²) in [6.45, 7) is 7.08. The zero-order chi connectivity index (χ0) is 20.7. The lowest BCUT2D eigenvalue weighted by atomic mass is 9.99. The molecule has 6 aliphatic heterocycles. The molecular formula is C19H37NO7SSi2. The molecule has 6 saturated heterocycles. The second-order valence-corrected chi connectivity index (χ2v) is 15.7. The highest BCUT2D eigenvalue weighted by atomic mass is 32.2. The van der Waals surface area contributed by atoms with Crippen molar-refractivity contribution in [3.8, 4) is 0 Å². The molecule has 8 nitrogen and oxygen atoms in total. The topological polar surface area (TPSA) is 75.7 Å². The van der Waals surface area contributed by atoms with Crippen molar-refractivity contribution in [3.63, 3.8) is 0 Å². The molecule has 1 atom stereocenters. The number of hydrogen-bond acceptors (Lipinski definition) is 8. The van der Waals surface area contributed by atoms with Gasteiger partial charge >= 0.3 is 17.6 Å². The van der Waals surface area contributed by atoms with E-state index in [0.717, 1.165) is 83.6 Å². The molecule has 0 aromatic carbocycles. The lowest BCUT2D eigenvalue weighted by molar-refractivity contribution is -0.00830. The van der Waals surface area contributed by atoms with Gasteiger partial charge in [0.05, 0.1) is 19.8 Å². The van der Waals surface area contributed by atoms with E-state index in [2.05, 4.69) is 4.90 Å². The van der Waals surface area contributed by atoms with Crippen LogP contribution >= 0.6 is 0 Å². The van der Waals surface area contributed by atoms with Gasteiger partial charge in [-0.25, -0.2) is 0 Å². The normalized spacial score (nSPS) is 38.7. The molecule has 11 heteroatoms. The maximum absolute atomic E-state index is 12.6. The van der Waals surface area contributed by atoms with Gasteiger partial charge in [-0.3, -0.25) is 9.11 Å². The van der Waals surface area contributed by atoms with Crippen LogP contribution < -0.4 is 0 Å². The van der Waals surface area contributed by atoms with E-state index in [1.807, 2.05) is 0 Å². The van der Waals surface area contributed by atoms with Gasteiger partial charge in [0.2, 0.25) is 0 Å². The summed E-state index contributed by atoms with van der Waals surface area (Å²) in [5, 5.41) is 0. The van der Waals surface area contributed by atoms with Crippen LogP contribution in [0.5, 0.6) is 0 Å². The van der Waals surface area contributed by atoms with Crippen molar-refractivity contribution >= 4 is 28.4 Å². The van der Waals surface area contributed by atoms with Gasteiger partial charge in [0.25, 0.3) is 0 Å². The molecule has 0 aliphatic carbocycles. The minimum Gasteiger partial charge on any atom is -0.373 e. The Hall–Kier alpha value is 0.304. The quantitative estimate of drug-likeness (QED) is 0.487. The van der Waals surface area contributed by atoms with E-state index in [-0.39, 0.29) is 0 Å². The fraction of sp³-hybridized carbons (Fsp3) is 1.00. The number of hydrogen-bond donors (Lipinski definition) is 0. The predicted octanol–water partition coefficient (Wildman–Crippen LogP) is 1.64. The Bertz CT molecular complexity index is 474. The fourth-order valence-electron chi connectivity index (χ4n) is 4.59. The summed E-state index contributed by atoms with van der Waals surface area (Å²) in [5.74, 6) is 1.99. The molecule has 6 aliphatic rings. The van der Waals surface area contributed by atoms with Crippen LogP contribution in [-0.4, -0.2) is 97.5 Å². The lowest BCUT2D eigenvalue weighted by Gasteiger charge is -2.38. The first-order chi connectivity index (χ1) is 14.7. The molecule has 0 saturated carbocycles. The summed E-state index contributed by atoms with van der Waals surface area (Å²) in [5.41, 5.74) is 0. The van der Waals surface area contributed by atoms with Crippen LogP contribution in [-0.2, 0) is 37.4 Å². The lowest BCUT2D eigenvalue weighted by Crippen LogP contribution is -2.55. The number of fused-ring (bicyclic) bond motifs is 12. The first-order valence-corrected chi connectivity index (χ1v) is 16.9. The Kier molecular flexibility index (Phi) is 8.94. The van der Waals surface area contributed by atoms with Crippen LogP contribution in [0.2, 0.25) is 12.1 Å². The van der Waals surface area contributed by atoms with Crippen molar-refractivity contribution in [3.05, 3.63) is 0 Å². The van der Waals surface area contributed by atoms with Crippen molar-refractivity contribution in [2.75, 3.05) is 70.8 Å². The molecule has 1 unspecified atom stereocenters. The molecule has 30 heavy (non-hydrogen) atoms. The van der Waals surface area contributed by atoms with E-state index >= 15 is 0 Å². The van der Waals surface area contributed by atoms with Crippen LogP contribution in [0, 0.1) is 5.92 Å². The second-order valence-electron chi connectivity index (χ2n) is 8.59. The van der Waals surface area contributed by atoms with Gasteiger partial charge < -0.3 is 26.6 Å². The molecule has 6 fully saturated rings. The zero-order valence-electron chi connectivity index (χ0n) is 18.0. The van der Waals surface area contributed by atoms with Crippen LogP contribution in [0.1, 0.15) is 32.1 Å². The third-order valence-electron chi connectivity index (χ3n) is 6.44. The van der Waals surface area contributed by atoms with Gasteiger partial charge in [0, 0.05) is 73.8 Å². The predicted molar refractivity (Wildman–Crippen MR) is 118 cm³/mol. The average molecular weight is 480 g/mol. The second kappa shape index (κ2) is 11.4. The Morgan fingerprint density at radius 1 is 0.667 bits per heavy atom. The van der Waals surface area contributed by atoms with E-state index in [1.54, 1.807) is 0 Å². The Labute approximate surface area is 185 Å². The molecule has 174 valence electrons. The molecular weight excluding hydrogens is 442 g/mol. The molecule has 0 aromatic heterocycles.